The van der Waals surface area contributed by atoms with Gasteiger partial charge in [-0.15, -0.1) is 0 Å². The summed E-state index contributed by atoms with van der Waals surface area (Å²) in [5.41, 5.74) is 3.24. The molecule has 8 heteroatoms. The molecule has 1 atom stereocenters. The highest BCUT2D eigenvalue weighted by Gasteiger charge is 2.39. The molecule has 216 valence electrons. The van der Waals surface area contributed by atoms with Crippen LogP contribution in [0.5, 0.6) is 0 Å². The van der Waals surface area contributed by atoms with E-state index in [0.717, 1.165) is 35.3 Å². The number of fused-ring (bicyclic) bond motifs is 1. The topological polar surface area (TPSA) is 107 Å². The van der Waals surface area contributed by atoms with E-state index < -0.39 is 5.97 Å². The Morgan fingerprint density at radius 1 is 1.10 bits per heavy atom. The number of carboxylic acids is 1. The first-order chi connectivity index (χ1) is 18.8. The minimum absolute atomic E-state index is 0.0947. The van der Waals surface area contributed by atoms with Crippen molar-refractivity contribution in [1.29, 1.82) is 0 Å². The highest BCUT2D eigenvalue weighted by Crippen LogP contribution is 2.39. The van der Waals surface area contributed by atoms with E-state index in [9.17, 15) is 9.59 Å². The fourth-order valence-electron chi connectivity index (χ4n) is 5.30. The zero-order valence-electron chi connectivity index (χ0n) is 24.2. The SMILES string of the molecule is CCCCCCCCCCN(C)CCO.Cc1cc(-c2cc(C(=O)O)no2)cc2c1C(=O)N([C@@H](C)C1CC1)C2. The fourth-order valence-corrected chi connectivity index (χ4v) is 5.30. The van der Waals surface area contributed by atoms with E-state index in [4.69, 9.17) is 14.7 Å². The average Bonchev–Trinajstić information content (AvgIpc) is 3.53. The molecule has 1 fully saturated rings. The van der Waals surface area contributed by atoms with Crippen LogP contribution >= 0.6 is 0 Å². The second kappa shape index (κ2) is 15.2. The van der Waals surface area contributed by atoms with Crippen LogP contribution in [0.25, 0.3) is 11.3 Å². The molecule has 0 spiro atoms. The fraction of sp³-hybridized carbons (Fsp3) is 0.645. The molecule has 2 aliphatic rings. The van der Waals surface area contributed by atoms with Crippen molar-refractivity contribution in [2.75, 3.05) is 26.7 Å². The maximum atomic E-state index is 12.7. The summed E-state index contributed by atoms with van der Waals surface area (Å²) in [4.78, 5) is 27.9. The molecule has 1 aliphatic heterocycles. The van der Waals surface area contributed by atoms with Crippen molar-refractivity contribution in [2.24, 2.45) is 5.92 Å². The largest absolute Gasteiger partial charge is 0.476 e. The second-order valence-electron chi connectivity index (χ2n) is 11.2. The van der Waals surface area contributed by atoms with Crippen LogP contribution in [0, 0.1) is 12.8 Å². The Hall–Kier alpha value is -2.71. The number of unbranched alkanes of at least 4 members (excludes halogenated alkanes) is 7. The van der Waals surface area contributed by atoms with Gasteiger partial charge in [-0.05, 0) is 75.9 Å². The molecule has 8 nitrogen and oxygen atoms in total. The molecule has 0 radical (unpaired) electrons. The highest BCUT2D eigenvalue weighted by molar-refractivity contribution is 6.00. The van der Waals surface area contributed by atoms with Crippen molar-refractivity contribution in [2.45, 2.75) is 97.6 Å². The summed E-state index contributed by atoms with van der Waals surface area (Å²) in [5.74, 6) is -0.00499. The lowest BCUT2D eigenvalue weighted by Gasteiger charge is -2.24. The molecule has 39 heavy (non-hydrogen) atoms. The van der Waals surface area contributed by atoms with Crippen molar-refractivity contribution < 1.29 is 24.3 Å². The minimum atomic E-state index is -1.12. The normalized spacial score (nSPS) is 15.3. The summed E-state index contributed by atoms with van der Waals surface area (Å²) < 4.78 is 5.15. The van der Waals surface area contributed by atoms with Crippen LogP contribution in [0.3, 0.4) is 0 Å². The molecule has 2 aromatic rings. The van der Waals surface area contributed by atoms with Crippen LogP contribution in [0.1, 0.15) is 110 Å². The smallest absolute Gasteiger partial charge is 0.358 e. The summed E-state index contributed by atoms with van der Waals surface area (Å²) in [6, 6.07) is 5.43. The lowest BCUT2D eigenvalue weighted by atomic mass is 9.99. The van der Waals surface area contributed by atoms with E-state index in [-0.39, 0.29) is 24.2 Å². The number of benzene rings is 1. The lowest BCUT2D eigenvalue weighted by molar-refractivity contribution is 0.0680. The van der Waals surface area contributed by atoms with Crippen LogP contribution in [0.2, 0.25) is 0 Å². The van der Waals surface area contributed by atoms with Crippen LogP contribution in [0.4, 0.5) is 0 Å². The van der Waals surface area contributed by atoms with Gasteiger partial charge in [0.2, 0.25) is 0 Å². The van der Waals surface area contributed by atoms with E-state index in [1.165, 1.54) is 70.3 Å². The number of aromatic nitrogens is 1. The molecule has 4 rings (SSSR count). The molecule has 0 bridgehead atoms. The number of hydrogen-bond donors (Lipinski definition) is 2. The van der Waals surface area contributed by atoms with E-state index in [0.29, 0.717) is 18.2 Å². The summed E-state index contributed by atoms with van der Waals surface area (Å²) in [7, 11) is 2.08. The van der Waals surface area contributed by atoms with Crippen molar-refractivity contribution in [3.05, 3.63) is 40.6 Å². The first kappa shape index (κ1) is 30.8. The van der Waals surface area contributed by atoms with Crippen LogP contribution in [-0.4, -0.2) is 69.8 Å². The number of carboxylic acid groups (broad SMARTS) is 1. The molecule has 2 heterocycles. The number of carbonyl (C=O) groups is 2. The Kier molecular flexibility index (Phi) is 12.0. The monoisotopic (exact) mass is 541 g/mol. The highest BCUT2D eigenvalue weighted by atomic mass is 16.5. The van der Waals surface area contributed by atoms with Gasteiger partial charge in [-0.1, -0.05) is 57.0 Å². The van der Waals surface area contributed by atoms with Gasteiger partial charge in [0.1, 0.15) is 0 Å². The molecule has 2 N–H and O–H groups in total. The van der Waals surface area contributed by atoms with Crippen molar-refractivity contribution >= 4 is 11.9 Å². The molecule has 1 saturated carbocycles. The van der Waals surface area contributed by atoms with E-state index >= 15 is 0 Å². The first-order valence-corrected chi connectivity index (χ1v) is 14.7. The molecule has 1 aromatic heterocycles. The number of likely N-dealkylation sites (N-methyl/N-ethyl adjacent to an activating group) is 1. The number of aliphatic hydroxyl groups excluding tert-OH is 1. The number of amides is 1. The van der Waals surface area contributed by atoms with Gasteiger partial charge in [0.15, 0.2) is 11.5 Å². The zero-order chi connectivity index (χ0) is 28.4. The van der Waals surface area contributed by atoms with Gasteiger partial charge in [-0.25, -0.2) is 4.79 Å². The van der Waals surface area contributed by atoms with Gasteiger partial charge in [-0.3, -0.25) is 4.79 Å². The Morgan fingerprint density at radius 2 is 1.77 bits per heavy atom. The maximum absolute atomic E-state index is 12.7. The predicted molar refractivity (Wildman–Crippen MR) is 153 cm³/mol. The predicted octanol–water partition coefficient (Wildman–Crippen LogP) is 6.15. The van der Waals surface area contributed by atoms with Gasteiger partial charge in [-0.2, -0.15) is 0 Å². The summed E-state index contributed by atoms with van der Waals surface area (Å²) in [5, 5.41) is 21.2. The zero-order valence-corrected chi connectivity index (χ0v) is 24.2. The summed E-state index contributed by atoms with van der Waals surface area (Å²) in [6.07, 6.45) is 13.4. The molecular formula is C31H47N3O5. The maximum Gasteiger partial charge on any atom is 0.358 e. The van der Waals surface area contributed by atoms with Crippen LogP contribution in [0.15, 0.2) is 22.7 Å². The van der Waals surface area contributed by atoms with Crippen molar-refractivity contribution in [3.8, 4) is 11.3 Å². The standard InChI is InChI=1S/C18H18N2O4.C13H29NO/c1-9-5-12(15-7-14(18(22)23)19-24-15)6-13-8-20(17(21)16(9)13)10(2)11-3-4-11;1-3-4-5-6-7-8-9-10-11-14(2)12-13-15/h5-7,10-11H,3-4,8H2,1-2H3,(H,22,23);15H,3-13H2,1-2H3/t10-;/m0./s1. The van der Waals surface area contributed by atoms with Gasteiger partial charge in [0.05, 0.1) is 6.61 Å². The molecule has 1 amide bonds. The van der Waals surface area contributed by atoms with Gasteiger partial charge in [0.25, 0.3) is 5.91 Å². The number of aromatic carboxylic acids is 1. The van der Waals surface area contributed by atoms with E-state index in [2.05, 4.69) is 31.0 Å². The van der Waals surface area contributed by atoms with Crippen molar-refractivity contribution in [1.82, 2.24) is 15.0 Å². The number of aryl methyl sites for hydroxylation is 1. The van der Waals surface area contributed by atoms with Gasteiger partial charge < -0.3 is 24.5 Å². The number of nitrogens with zero attached hydrogens (tertiary/aromatic N) is 3. The quantitative estimate of drug-likeness (QED) is 0.260. The third-order valence-electron chi connectivity index (χ3n) is 7.92. The second-order valence-corrected chi connectivity index (χ2v) is 11.2. The Labute approximate surface area is 233 Å². The van der Waals surface area contributed by atoms with E-state index in [1.54, 1.807) is 0 Å². The van der Waals surface area contributed by atoms with Gasteiger partial charge >= 0.3 is 5.97 Å². The average molecular weight is 542 g/mol. The number of rotatable bonds is 15. The Balaban J connectivity index is 0.000000244. The number of carbonyl (C=O) groups excluding carboxylic acids is 1. The first-order valence-electron chi connectivity index (χ1n) is 14.7. The molecular weight excluding hydrogens is 494 g/mol. The number of aliphatic hydroxyl groups is 1. The summed E-state index contributed by atoms with van der Waals surface area (Å²) >= 11 is 0. The van der Waals surface area contributed by atoms with Crippen molar-refractivity contribution in [3.63, 3.8) is 0 Å². The van der Waals surface area contributed by atoms with E-state index in [1.807, 2.05) is 24.0 Å². The molecule has 0 saturated heterocycles. The van der Waals surface area contributed by atoms with Crippen LogP contribution in [-0.2, 0) is 6.54 Å². The molecule has 1 aliphatic carbocycles. The Morgan fingerprint density at radius 3 is 2.36 bits per heavy atom. The lowest BCUT2D eigenvalue weighted by Crippen LogP contribution is -2.34. The van der Waals surface area contributed by atoms with Crippen LogP contribution < -0.4 is 0 Å². The minimum Gasteiger partial charge on any atom is -0.476 e. The van der Waals surface area contributed by atoms with Gasteiger partial charge in [0, 0.05) is 36.3 Å². The molecule has 1 aromatic carbocycles. The molecule has 0 unspecified atom stereocenters. The third-order valence-corrected chi connectivity index (χ3v) is 7.92. The number of hydrogen-bond acceptors (Lipinski definition) is 6. The third kappa shape index (κ3) is 8.90. The Bertz CT molecular complexity index is 1080. The summed E-state index contributed by atoms with van der Waals surface area (Å²) in [6.45, 7) is 9.12.